The number of hydrogen-bond donors (Lipinski definition) is 2. The summed E-state index contributed by atoms with van der Waals surface area (Å²) in [6, 6.07) is 7.39. The van der Waals surface area contributed by atoms with Crippen LogP contribution >= 0.6 is 0 Å². The average molecular weight is 264 g/mol. The molecule has 1 aromatic carbocycles. The molecule has 0 spiro atoms. The maximum Gasteiger partial charge on any atom is 0.230 e. The molecule has 0 aliphatic heterocycles. The predicted octanol–water partition coefficient (Wildman–Crippen LogP) is 2.09. The average Bonchev–Trinajstić information content (AvgIpc) is 2.28. The molecule has 1 amide bonds. The number of benzene rings is 1. The first kappa shape index (κ1) is 15.5. The normalized spacial score (nSPS) is 12.3. The number of carbonyl (C=O) groups excluding carboxylic acids is 1. The monoisotopic (exact) mass is 264 g/mol. The summed E-state index contributed by atoms with van der Waals surface area (Å²) in [6.07, 6.45) is 0. The van der Waals surface area contributed by atoms with Gasteiger partial charge in [0, 0.05) is 12.8 Å². The molecule has 0 aliphatic rings. The summed E-state index contributed by atoms with van der Waals surface area (Å²) in [5.41, 5.74) is 6.30. The van der Waals surface area contributed by atoms with Crippen molar-refractivity contribution in [3.05, 3.63) is 29.8 Å². The number of methoxy groups -OCH3 is 1. The molecule has 19 heavy (non-hydrogen) atoms. The number of amides is 1. The van der Waals surface area contributed by atoms with E-state index in [9.17, 15) is 4.79 Å². The molecule has 4 heteroatoms. The SMILES string of the molecule is COCC(C)(C)NC(=O)C(C)(C)c1ccc(N)cc1. The minimum absolute atomic E-state index is 0.0284. The Kier molecular flexibility index (Phi) is 4.58. The van der Waals surface area contributed by atoms with E-state index < -0.39 is 11.0 Å². The molecule has 0 saturated heterocycles. The number of anilines is 1. The van der Waals surface area contributed by atoms with Gasteiger partial charge in [-0.3, -0.25) is 4.79 Å². The van der Waals surface area contributed by atoms with Gasteiger partial charge in [0.15, 0.2) is 0 Å². The molecule has 106 valence electrons. The van der Waals surface area contributed by atoms with Crippen LogP contribution in [-0.4, -0.2) is 25.2 Å². The quantitative estimate of drug-likeness (QED) is 0.800. The Morgan fingerprint density at radius 1 is 1.21 bits per heavy atom. The van der Waals surface area contributed by atoms with Crippen molar-refractivity contribution in [2.75, 3.05) is 19.5 Å². The largest absolute Gasteiger partial charge is 0.399 e. The molecule has 0 aromatic heterocycles. The lowest BCUT2D eigenvalue weighted by Gasteiger charge is -2.32. The van der Waals surface area contributed by atoms with Crippen LogP contribution in [0.2, 0.25) is 0 Å². The Hall–Kier alpha value is -1.55. The standard InChI is InChI=1S/C15H24N2O2/c1-14(2,10-19-5)17-13(18)15(3,4)11-6-8-12(16)9-7-11/h6-9H,10,16H2,1-5H3,(H,17,18). The van der Waals surface area contributed by atoms with E-state index in [0.717, 1.165) is 5.56 Å². The molecular formula is C15H24N2O2. The molecule has 0 fully saturated rings. The van der Waals surface area contributed by atoms with Gasteiger partial charge in [-0.05, 0) is 45.4 Å². The Labute approximate surface area is 115 Å². The minimum atomic E-state index is -0.612. The third-order valence-corrected chi connectivity index (χ3v) is 3.16. The summed E-state index contributed by atoms with van der Waals surface area (Å²) >= 11 is 0. The van der Waals surface area contributed by atoms with E-state index in [1.165, 1.54) is 0 Å². The minimum Gasteiger partial charge on any atom is -0.399 e. The maximum absolute atomic E-state index is 12.4. The number of ether oxygens (including phenoxy) is 1. The van der Waals surface area contributed by atoms with Crippen molar-refractivity contribution in [3.63, 3.8) is 0 Å². The van der Waals surface area contributed by atoms with E-state index in [1.807, 2.05) is 52.0 Å². The first-order valence-electron chi connectivity index (χ1n) is 6.36. The molecule has 0 unspecified atom stereocenters. The number of hydrogen-bond acceptors (Lipinski definition) is 3. The van der Waals surface area contributed by atoms with Crippen molar-refractivity contribution in [3.8, 4) is 0 Å². The summed E-state index contributed by atoms with van der Waals surface area (Å²) in [5, 5.41) is 3.02. The molecule has 0 aliphatic carbocycles. The van der Waals surface area contributed by atoms with E-state index in [4.69, 9.17) is 10.5 Å². The van der Waals surface area contributed by atoms with Crippen molar-refractivity contribution >= 4 is 11.6 Å². The van der Waals surface area contributed by atoms with Crippen LogP contribution in [-0.2, 0) is 14.9 Å². The van der Waals surface area contributed by atoms with Crippen LogP contribution in [0.3, 0.4) is 0 Å². The van der Waals surface area contributed by atoms with Crippen LogP contribution in [0.15, 0.2) is 24.3 Å². The number of rotatable bonds is 5. The van der Waals surface area contributed by atoms with Gasteiger partial charge in [0.2, 0.25) is 5.91 Å². The van der Waals surface area contributed by atoms with Crippen molar-refractivity contribution in [2.24, 2.45) is 0 Å². The van der Waals surface area contributed by atoms with Crippen LogP contribution in [0.25, 0.3) is 0 Å². The third-order valence-electron chi connectivity index (χ3n) is 3.16. The van der Waals surface area contributed by atoms with Gasteiger partial charge in [0.05, 0.1) is 17.6 Å². The molecule has 3 N–H and O–H groups in total. The zero-order chi connectivity index (χ0) is 14.7. The zero-order valence-electron chi connectivity index (χ0n) is 12.4. The lowest BCUT2D eigenvalue weighted by atomic mass is 9.83. The summed E-state index contributed by atoms with van der Waals surface area (Å²) < 4.78 is 5.11. The number of nitrogen functional groups attached to an aromatic ring is 1. The highest BCUT2D eigenvalue weighted by Gasteiger charge is 2.33. The first-order chi connectivity index (χ1) is 8.69. The van der Waals surface area contributed by atoms with Gasteiger partial charge >= 0.3 is 0 Å². The molecule has 4 nitrogen and oxygen atoms in total. The number of nitrogens with two attached hydrogens (primary N) is 1. The first-order valence-corrected chi connectivity index (χ1v) is 6.36. The fourth-order valence-electron chi connectivity index (χ4n) is 1.89. The second-order valence-electron chi connectivity index (χ2n) is 6.02. The third kappa shape index (κ3) is 3.96. The molecule has 0 heterocycles. The Balaban J connectivity index is 2.88. The molecule has 0 saturated carbocycles. The van der Waals surface area contributed by atoms with Crippen LogP contribution in [0, 0.1) is 0 Å². The number of nitrogens with one attached hydrogen (secondary N) is 1. The molecular weight excluding hydrogens is 240 g/mol. The fourth-order valence-corrected chi connectivity index (χ4v) is 1.89. The zero-order valence-corrected chi connectivity index (χ0v) is 12.4. The van der Waals surface area contributed by atoms with Gasteiger partial charge in [-0.1, -0.05) is 12.1 Å². The maximum atomic E-state index is 12.4. The molecule has 1 rings (SSSR count). The molecule has 0 bridgehead atoms. The van der Waals surface area contributed by atoms with Gasteiger partial charge in [-0.15, -0.1) is 0 Å². The van der Waals surface area contributed by atoms with E-state index in [-0.39, 0.29) is 5.91 Å². The van der Waals surface area contributed by atoms with E-state index in [1.54, 1.807) is 7.11 Å². The van der Waals surface area contributed by atoms with Crippen LogP contribution < -0.4 is 11.1 Å². The highest BCUT2D eigenvalue weighted by molar-refractivity contribution is 5.88. The van der Waals surface area contributed by atoms with Crippen LogP contribution in [0.4, 0.5) is 5.69 Å². The molecule has 0 atom stereocenters. The van der Waals surface area contributed by atoms with Crippen molar-refractivity contribution in [2.45, 2.75) is 38.6 Å². The molecule has 0 radical (unpaired) electrons. The fraction of sp³-hybridized carbons (Fsp3) is 0.533. The van der Waals surface area contributed by atoms with Crippen molar-refractivity contribution in [1.29, 1.82) is 0 Å². The van der Waals surface area contributed by atoms with Crippen molar-refractivity contribution < 1.29 is 9.53 Å². The Morgan fingerprint density at radius 2 is 1.74 bits per heavy atom. The van der Waals surface area contributed by atoms with E-state index in [2.05, 4.69) is 5.32 Å². The van der Waals surface area contributed by atoms with Gasteiger partial charge in [-0.2, -0.15) is 0 Å². The predicted molar refractivity (Wildman–Crippen MR) is 78.0 cm³/mol. The number of carbonyl (C=O) groups is 1. The summed E-state index contributed by atoms with van der Waals surface area (Å²) in [6.45, 7) is 8.14. The van der Waals surface area contributed by atoms with Crippen LogP contribution in [0.1, 0.15) is 33.3 Å². The smallest absolute Gasteiger partial charge is 0.230 e. The van der Waals surface area contributed by atoms with Gasteiger partial charge in [0.25, 0.3) is 0 Å². The lowest BCUT2D eigenvalue weighted by molar-refractivity contribution is -0.127. The summed E-state index contributed by atoms with van der Waals surface area (Å²) in [7, 11) is 1.62. The van der Waals surface area contributed by atoms with E-state index in [0.29, 0.717) is 12.3 Å². The highest BCUT2D eigenvalue weighted by Crippen LogP contribution is 2.25. The van der Waals surface area contributed by atoms with E-state index >= 15 is 0 Å². The lowest BCUT2D eigenvalue weighted by Crippen LogP contribution is -2.52. The second kappa shape index (κ2) is 5.61. The Bertz CT molecular complexity index is 436. The Morgan fingerprint density at radius 3 is 2.21 bits per heavy atom. The van der Waals surface area contributed by atoms with Crippen molar-refractivity contribution in [1.82, 2.24) is 5.32 Å². The summed E-state index contributed by atoms with van der Waals surface area (Å²) in [5.74, 6) is -0.0284. The highest BCUT2D eigenvalue weighted by atomic mass is 16.5. The van der Waals surface area contributed by atoms with Crippen LogP contribution in [0.5, 0.6) is 0 Å². The van der Waals surface area contributed by atoms with Gasteiger partial charge < -0.3 is 15.8 Å². The summed E-state index contributed by atoms with van der Waals surface area (Å²) in [4.78, 5) is 12.4. The molecule has 1 aromatic rings. The topological polar surface area (TPSA) is 64.3 Å². The van der Waals surface area contributed by atoms with Gasteiger partial charge in [-0.25, -0.2) is 0 Å². The van der Waals surface area contributed by atoms with Gasteiger partial charge in [0.1, 0.15) is 0 Å². The second-order valence-corrected chi connectivity index (χ2v) is 6.02.